The van der Waals surface area contributed by atoms with Crippen LogP contribution in [0.15, 0.2) is 36.2 Å². The summed E-state index contributed by atoms with van der Waals surface area (Å²) in [6.07, 6.45) is 1.15. The summed E-state index contributed by atoms with van der Waals surface area (Å²) in [7, 11) is 0. The number of nitro benzene ring substituents is 1. The van der Waals surface area contributed by atoms with Gasteiger partial charge in [-0.1, -0.05) is 28.1 Å². The first kappa shape index (κ1) is 13.1. The van der Waals surface area contributed by atoms with E-state index in [1.54, 1.807) is 12.1 Å². The Morgan fingerprint density at radius 1 is 1.59 bits per heavy atom. The molecule has 1 aromatic carbocycles. The maximum absolute atomic E-state index is 10.4. The van der Waals surface area contributed by atoms with Gasteiger partial charge in [0.2, 0.25) is 5.39 Å². The van der Waals surface area contributed by atoms with E-state index in [1.165, 1.54) is 12.1 Å². The van der Waals surface area contributed by atoms with E-state index >= 15 is 0 Å². The fourth-order valence-electron chi connectivity index (χ4n) is 1.23. The second kappa shape index (κ2) is 5.96. The number of halogens is 1. The van der Waals surface area contributed by atoms with Crippen LogP contribution in [0.3, 0.4) is 0 Å². The highest BCUT2D eigenvalue weighted by molar-refractivity contribution is 9.09. The highest BCUT2D eigenvalue weighted by Gasteiger charge is 2.13. The van der Waals surface area contributed by atoms with Gasteiger partial charge in [0.15, 0.2) is 10.7 Å². The lowest BCUT2D eigenvalue weighted by molar-refractivity contribution is -0.384. The van der Waals surface area contributed by atoms with E-state index in [2.05, 4.69) is 20.9 Å². The predicted octanol–water partition coefficient (Wildman–Crippen LogP) is 3.67. The molecule has 0 heterocycles. The van der Waals surface area contributed by atoms with Crippen LogP contribution in [0.4, 0.5) is 5.69 Å². The number of alkyl halides is 1. The topological polar surface area (TPSA) is 91.5 Å². The summed E-state index contributed by atoms with van der Waals surface area (Å²) in [5.74, 6) is -0.0901. The molecule has 1 N–H and O–H groups in total. The maximum atomic E-state index is 10.4. The predicted molar refractivity (Wildman–Crippen MR) is 65.2 cm³/mol. The van der Waals surface area contributed by atoms with Gasteiger partial charge in [0.25, 0.3) is 5.69 Å². The van der Waals surface area contributed by atoms with E-state index in [4.69, 9.17) is 5.39 Å². The normalized spacial score (nSPS) is 12.8. The lowest BCUT2D eigenvalue weighted by Gasteiger charge is -2.07. The first-order valence-electron chi connectivity index (χ1n) is 4.65. The van der Waals surface area contributed by atoms with Crippen molar-refractivity contribution in [3.8, 4) is 0 Å². The van der Waals surface area contributed by atoms with Gasteiger partial charge >= 0.3 is 6.20 Å². The average molecular weight is 299 g/mol. The lowest BCUT2D eigenvalue weighted by Crippen LogP contribution is -1.94. The minimum Gasteiger partial charge on any atom is -0.505 e. The molecule has 0 aliphatic rings. The third-order valence-corrected chi connectivity index (χ3v) is 2.91. The molecule has 0 aromatic heterocycles. The van der Waals surface area contributed by atoms with Crippen molar-refractivity contribution in [3.63, 3.8) is 0 Å². The van der Waals surface area contributed by atoms with Crippen molar-refractivity contribution < 1.29 is 10.0 Å². The fraction of sp³-hybridized carbons (Fsp3) is 0.200. The smallest absolute Gasteiger partial charge is 0.387 e. The molecular formula is C10H9BrN3O3+. The molecule has 1 rings (SSSR count). The summed E-state index contributed by atoms with van der Waals surface area (Å²) in [4.78, 5) is 12.5. The third-order valence-electron chi connectivity index (χ3n) is 2.06. The van der Waals surface area contributed by atoms with Crippen molar-refractivity contribution in [2.45, 2.75) is 11.2 Å². The molecule has 0 spiro atoms. The van der Waals surface area contributed by atoms with Gasteiger partial charge in [0.1, 0.15) is 0 Å². The zero-order valence-corrected chi connectivity index (χ0v) is 10.2. The van der Waals surface area contributed by atoms with Crippen molar-refractivity contribution >= 4 is 21.6 Å². The molecule has 0 aliphatic carbocycles. The van der Waals surface area contributed by atoms with Crippen molar-refractivity contribution in [2.75, 3.05) is 0 Å². The van der Waals surface area contributed by atoms with Gasteiger partial charge in [-0.25, -0.2) is 0 Å². The SMILES string of the molecule is N#[N+]/C=C(/O)CC(Br)c1ccc([N+](=O)[O-])cc1. The number of nitro groups is 1. The van der Waals surface area contributed by atoms with Crippen LogP contribution < -0.4 is 0 Å². The molecular weight excluding hydrogens is 290 g/mol. The van der Waals surface area contributed by atoms with E-state index in [0.29, 0.717) is 0 Å². The molecule has 0 fully saturated rings. The number of rotatable bonds is 4. The molecule has 0 radical (unpaired) electrons. The number of hydrogen-bond donors (Lipinski definition) is 1. The van der Waals surface area contributed by atoms with Crippen molar-refractivity contribution in [1.82, 2.24) is 0 Å². The van der Waals surface area contributed by atoms with Crippen LogP contribution in [0.2, 0.25) is 0 Å². The van der Waals surface area contributed by atoms with Crippen LogP contribution in [0.25, 0.3) is 4.98 Å². The van der Waals surface area contributed by atoms with Crippen LogP contribution in [0, 0.1) is 15.5 Å². The molecule has 7 heteroatoms. The lowest BCUT2D eigenvalue weighted by atomic mass is 10.1. The number of non-ortho nitro benzene ring substituents is 1. The number of diazo groups is 1. The summed E-state index contributed by atoms with van der Waals surface area (Å²) in [6, 6.07) is 5.98. The van der Waals surface area contributed by atoms with Crippen molar-refractivity contribution in [2.24, 2.45) is 0 Å². The fourth-order valence-corrected chi connectivity index (χ4v) is 1.86. The zero-order chi connectivity index (χ0) is 12.8. The highest BCUT2D eigenvalue weighted by atomic mass is 79.9. The van der Waals surface area contributed by atoms with Gasteiger partial charge in [-0.15, -0.1) is 0 Å². The van der Waals surface area contributed by atoms with Crippen molar-refractivity contribution in [1.29, 1.82) is 5.39 Å². The van der Waals surface area contributed by atoms with Gasteiger partial charge in [0.05, 0.1) is 4.92 Å². The van der Waals surface area contributed by atoms with E-state index in [0.717, 1.165) is 11.8 Å². The van der Waals surface area contributed by atoms with E-state index in [1.807, 2.05) is 0 Å². The first-order chi connectivity index (χ1) is 8.04. The Bertz CT molecular complexity index is 479. The Morgan fingerprint density at radius 2 is 2.18 bits per heavy atom. The summed E-state index contributed by atoms with van der Waals surface area (Å²) in [5, 5.41) is 28.0. The number of aliphatic hydroxyl groups excluding tert-OH is 1. The van der Waals surface area contributed by atoms with Crippen molar-refractivity contribution in [3.05, 3.63) is 56.9 Å². The molecule has 0 amide bonds. The van der Waals surface area contributed by atoms with Gasteiger partial charge in [0, 0.05) is 23.4 Å². The van der Waals surface area contributed by atoms with E-state index in [-0.39, 0.29) is 22.7 Å². The number of benzene rings is 1. The molecule has 0 bridgehead atoms. The van der Waals surface area contributed by atoms with Gasteiger partial charge in [-0.3, -0.25) is 10.1 Å². The second-order valence-corrected chi connectivity index (χ2v) is 4.36. The van der Waals surface area contributed by atoms with Crippen LogP contribution in [-0.2, 0) is 0 Å². The van der Waals surface area contributed by atoms with Gasteiger partial charge in [-0.2, -0.15) is 0 Å². The molecule has 1 aromatic rings. The molecule has 0 aliphatic heterocycles. The molecule has 1 unspecified atom stereocenters. The minimum atomic E-state index is -0.477. The molecule has 1 atom stereocenters. The quantitative estimate of drug-likeness (QED) is 0.302. The standard InChI is InChI=1S/C10H8BrN3O3/c11-10(5-9(15)6-13-12)7-1-3-8(4-2-7)14(16)17/h1-4,6,10H,5H2/p+1/b9-6+. The average Bonchev–Trinajstić information content (AvgIpc) is 2.29. The molecule has 88 valence electrons. The number of allylic oxidation sites excluding steroid dienone is 1. The Balaban J connectivity index is 2.77. The third kappa shape index (κ3) is 3.85. The molecule has 6 nitrogen and oxygen atoms in total. The van der Waals surface area contributed by atoms with Crippen LogP contribution in [0.1, 0.15) is 16.8 Å². The number of hydrogen-bond acceptors (Lipinski definition) is 4. The molecule has 0 saturated heterocycles. The molecule has 0 saturated carbocycles. The van der Waals surface area contributed by atoms with Crippen LogP contribution in [0.5, 0.6) is 0 Å². The Morgan fingerprint density at radius 3 is 2.65 bits per heavy atom. The zero-order valence-electron chi connectivity index (χ0n) is 8.65. The monoisotopic (exact) mass is 298 g/mol. The largest absolute Gasteiger partial charge is 0.505 e. The Labute approximate surface area is 105 Å². The van der Waals surface area contributed by atoms with E-state index < -0.39 is 4.92 Å². The van der Waals surface area contributed by atoms with Crippen LogP contribution in [-0.4, -0.2) is 10.0 Å². The minimum absolute atomic E-state index is 0.0126. The Kier molecular flexibility index (Phi) is 4.60. The molecule has 17 heavy (non-hydrogen) atoms. The summed E-state index contributed by atoms with van der Waals surface area (Å²) < 4.78 is 0. The summed E-state index contributed by atoms with van der Waals surface area (Å²) in [5.41, 5.74) is 0.798. The first-order valence-corrected chi connectivity index (χ1v) is 5.56. The van der Waals surface area contributed by atoms with Gasteiger partial charge in [-0.05, 0) is 5.56 Å². The number of nitrogens with zero attached hydrogens (tertiary/aromatic N) is 3. The Hall–Kier alpha value is -1.94. The van der Waals surface area contributed by atoms with Gasteiger partial charge < -0.3 is 5.11 Å². The number of aliphatic hydroxyl groups is 1. The summed E-state index contributed by atoms with van der Waals surface area (Å²) in [6.45, 7) is 0. The summed E-state index contributed by atoms with van der Waals surface area (Å²) >= 11 is 3.32. The highest BCUT2D eigenvalue weighted by Crippen LogP contribution is 2.30. The maximum Gasteiger partial charge on any atom is 0.387 e. The van der Waals surface area contributed by atoms with Crippen LogP contribution >= 0.6 is 15.9 Å². The van der Waals surface area contributed by atoms with E-state index in [9.17, 15) is 15.2 Å². The second-order valence-electron chi connectivity index (χ2n) is 3.26.